The largest absolute Gasteiger partial charge is 0.299 e. The Morgan fingerprint density at radius 2 is 1.80 bits per heavy atom. The number of ketones is 1. The molecule has 1 rings (SSSR count). The zero-order valence-electron chi connectivity index (χ0n) is 9.86. The lowest BCUT2D eigenvalue weighted by Crippen LogP contribution is -2.19. The average molecular weight is 204 g/mol. The molecule has 0 saturated heterocycles. The first-order chi connectivity index (χ1) is 7.15. The van der Waals surface area contributed by atoms with E-state index in [2.05, 4.69) is 19.1 Å². The van der Waals surface area contributed by atoms with Crippen molar-refractivity contribution in [2.24, 2.45) is 11.8 Å². The summed E-state index contributed by atoms with van der Waals surface area (Å²) < 4.78 is 0. The number of carbonyl (C=O) groups is 1. The first-order valence-corrected chi connectivity index (χ1v) is 5.71. The Morgan fingerprint density at radius 1 is 1.20 bits per heavy atom. The van der Waals surface area contributed by atoms with Crippen LogP contribution in [0.3, 0.4) is 0 Å². The SMILES string of the molecule is CCC(=O)C(C)C(C)Cc1ccccc1. The number of rotatable bonds is 5. The predicted molar refractivity (Wildman–Crippen MR) is 63.8 cm³/mol. The molecule has 2 atom stereocenters. The lowest BCUT2D eigenvalue weighted by molar-refractivity contribution is -0.123. The zero-order chi connectivity index (χ0) is 11.3. The minimum atomic E-state index is 0.176. The van der Waals surface area contributed by atoms with Gasteiger partial charge in [0.2, 0.25) is 0 Å². The Kier molecular flexibility index (Phi) is 4.54. The zero-order valence-corrected chi connectivity index (χ0v) is 9.86. The number of carbonyl (C=O) groups excluding carboxylic acids is 1. The lowest BCUT2D eigenvalue weighted by Gasteiger charge is -2.18. The van der Waals surface area contributed by atoms with Gasteiger partial charge in [0.1, 0.15) is 5.78 Å². The summed E-state index contributed by atoms with van der Waals surface area (Å²) in [5.74, 6) is 0.980. The molecule has 0 amide bonds. The van der Waals surface area contributed by atoms with E-state index in [1.54, 1.807) is 0 Å². The van der Waals surface area contributed by atoms with Crippen LogP contribution in [-0.4, -0.2) is 5.78 Å². The van der Waals surface area contributed by atoms with E-state index >= 15 is 0 Å². The summed E-state index contributed by atoms with van der Waals surface area (Å²) in [5, 5.41) is 0. The summed E-state index contributed by atoms with van der Waals surface area (Å²) in [6, 6.07) is 10.4. The molecule has 0 aromatic heterocycles. The molecule has 0 saturated carbocycles. The Hall–Kier alpha value is -1.11. The summed E-state index contributed by atoms with van der Waals surface area (Å²) >= 11 is 0. The lowest BCUT2D eigenvalue weighted by atomic mass is 9.86. The van der Waals surface area contributed by atoms with E-state index in [9.17, 15) is 4.79 Å². The van der Waals surface area contributed by atoms with Gasteiger partial charge in [-0.2, -0.15) is 0 Å². The van der Waals surface area contributed by atoms with Crippen molar-refractivity contribution >= 4 is 5.78 Å². The van der Waals surface area contributed by atoms with Crippen molar-refractivity contribution in [3.63, 3.8) is 0 Å². The van der Waals surface area contributed by atoms with Crippen LogP contribution in [0.1, 0.15) is 32.8 Å². The van der Waals surface area contributed by atoms with Crippen molar-refractivity contribution in [3.8, 4) is 0 Å². The van der Waals surface area contributed by atoms with Gasteiger partial charge in [0, 0.05) is 12.3 Å². The summed E-state index contributed by atoms with van der Waals surface area (Å²) in [6.07, 6.45) is 1.65. The number of hydrogen-bond acceptors (Lipinski definition) is 1. The van der Waals surface area contributed by atoms with Gasteiger partial charge in [-0.05, 0) is 17.9 Å². The first-order valence-electron chi connectivity index (χ1n) is 5.71. The van der Waals surface area contributed by atoms with E-state index in [-0.39, 0.29) is 5.92 Å². The fourth-order valence-corrected chi connectivity index (χ4v) is 1.80. The first kappa shape index (κ1) is 12.0. The molecule has 0 aliphatic heterocycles. The minimum Gasteiger partial charge on any atom is -0.299 e. The van der Waals surface area contributed by atoms with E-state index in [0.717, 1.165) is 6.42 Å². The quantitative estimate of drug-likeness (QED) is 0.717. The third-order valence-electron chi connectivity index (χ3n) is 3.11. The molecule has 0 aliphatic rings. The van der Waals surface area contributed by atoms with Crippen LogP contribution in [0.15, 0.2) is 30.3 Å². The van der Waals surface area contributed by atoms with Gasteiger partial charge < -0.3 is 0 Å². The highest BCUT2D eigenvalue weighted by Gasteiger charge is 2.18. The Balaban J connectivity index is 2.56. The summed E-state index contributed by atoms with van der Waals surface area (Å²) in [4.78, 5) is 11.5. The third kappa shape index (κ3) is 3.50. The number of benzene rings is 1. The maximum Gasteiger partial charge on any atom is 0.135 e. The molecule has 0 aliphatic carbocycles. The second-order valence-corrected chi connectivity index (χ2v) is 4.28. The van der Waals surface area contributed by atoms with E-state index < -0.39 is 0 Å². The molecule has 1 aromatic carbocycles. The maximum absolute atomic E-state index is 11.5. The molecule has 0 spiro atoms. The van der Waals surface area contributed by atoms with Crippen molar-refractivity contribution < 1.29 is 4.79 Å². The molecule has 82 valence electrons. The molecule has 0 N–H and O–H groups in total. The van der Waals surface area contributed by atoms with E-state index in [1.165, 1.54) is 5.56 Å². The molecule has 1 aromatic rings. The van der Waals surface area contributed by atoms with Gasteiger partial charge in [-0.3, -0.25) is 4.79 Å². The van der Waals surface area contributed by atoms with Crippen LogP contribution in [0.5, 0.6) is 0 Å². The second-order valence-electron chi connectivity index (χ2n) is 4.28. The molecule has 0 fully saturated rings. The van der Waals surface area contributed by atoms with E-state index in [0.29, 0.717) is 18.1 Å². The van der Waals surface area contributed by atoms with Crippen LogP contribution in [0.25, 0.3) is 0 Å². The van der Waals surface area contributed by atoms with E-state index in [1.807, 2.05) is 32.0 Å². The maximum atomic E-state index is 11.5. The highest BCUT2D eigenvalue weighted by Crippen LogP contribution is 2.18. The van der Waals surface area contributed by atoms with Crippen LogP contribution in [0, 0.1) is 11.8 Å². The molecule has 15 heavy (non-hydrogen) atoms. The molecular weight excluding hydrogens is 184 g/mol. The summed E-state index contributed by atoms with van der Waals surface area (Å²) in [6.45, 7) is 6.14. The fourth-order valence-electron chi connectivity index (χ4n) is 1.80. The van der Waals surface area contributed by atoms with Crippen molar-refractivity contribution in [3.05, 3.63) is 35.9 Å². The smallest absolute Gasteiger partial charge is 0.135 e. The van der Waals surface area contributed by atoms with Gasteiger partial charge >= 0.3 is 0 Å². The van der Waals surface area contributed by atoms with Gasteiger partial charge in [0.05, 0.1) is 0 Å². The topological polar surface area (TPSA) is 17.1 Å². The highest BCUT2D eigenvalue weighted by atomic mass is 16.1. The third-order valence-corrected chi connectivity index (χ3v) is 3.11. The molecule has 2 unspecified atom stereocenters. The fraction of sp³-hybridized carbons (Fsp3) is 0.500. The molecule has 1 heteroatoms. The molecule has 1 nitrogen and oxygen atoms in total. The number of Topliss-reactive ketones (excluding diaryl/α,β-unsaturated/α-hetero) is 1. The van der Waals surface area contributed by atoms with Crippen LogP contribution in [-0.2, 0) is 11.2 Å². The monoisotopic (exact) mass is 204 g/mol. The van der Waals surface area contributed by atoms with Crippen molar-refractivity contribution in [1.82, 2.24) is 0 Å². The average Bonchev–Trinajstić information content (AvgIpc) is 2.28. The molecule has 0 bridgehead atoms. The summed E-state index contributed by atoms with van der Waals surface area (Å²) in [7, 11) is 0. The molecule has 0 heterocycles. The van der Waals surface area contributed by atoms with Crippen molar-refractivity contribution in [2.45, 2.75) is 33.6 Å². The van der Waals surface area contributed by atoms with Crippen LogP contribution in [0.2, 0.25) is 0 Å². The van der Waals surface area contributed by atoms with Crippen LogP contribution < -0.4 is 0 Å². The van der Waals surface area contributed by atoms with Crippen LogP contribution in [0.4, 0.5) is 0 Å². The van der Waals surface area contributed by atoms with Crippen molar-refractivity contribution in [1.29, 1.82) is 0 Å². The Morgan fingerprint density at radius 3 is 2.33 bits per heavy atom. The number of hydrogen-bond donors (Lipinski definition) is 0. The molecular formula is C14H20O. The highest BCUT2D eigenvalue weighted by molar-refractivity contribution is 5.80. The van der Waals surface area contributed by atoms with E-state index in [4.69, 9.17) is 0 Å². The minimum absolute atomic E-state index is 0.176. The normalized spacial score (nSPS) is 14.6. The van der Waals surface area contributed by atoms with Gasteiger partial charge in [0.25, 0.3) is 0 Å². The van der Waals surface area contributed by atoms with Crippen molar-refractivity contribution in [2.75, 3.05) is 0 Å². The van der Waals surface area contributed by atoms with Crippen LogP contribution >= 0.6 is 0 Å². The summed E-state index contributed by atoms with van der Waals surface area (Å²) in [5.41, 5.74) is 1.32. The predicted octanol–water partition coefficient (Wildman–Crippen LogP) is 3.48. The van der Waals surface area contributed by atoms with Gasteiger partial charge in [0.15, 0.2) is 0 Å². The Bertz CT molecular complexity index is 302. The Labute approximate surface area is 92.5 Å². The van der Waals surface area contributed by atoms with Gasteiger partial charge in [-0.15, -0.1) is 0 Å². The van der Waals surface area contributed by atoms with Gasteiger partial charge in [-0.25, -0.2) is 0 Å². The van der Waals surface area contributed by atoms with Gasteiger partial charge in [-0.1, -0.05) is 51.1 Å². The molecule has 0 radical (unpaired) electrons. The standard InChI is InChI=1S/C14H20O/c1-4-14(15)12(3)11(2)10-13-8-6-5-7-9-13/h5-9,11-12H,4,10H2,1-3H3. The second kappa shape index (κ2) is 5.69.